The molecule has 0 aromatic carbocycles. The zero-order valence-electron chi connectivity index (χ0n) is 5.94. The van der Waals surface area contributed by atoms with E-state index in [1.807, 2.05) is 0 Å². The normalized spacial score (nSPS) is 9.67. The quantitative estimate of drug-likeness (QED) is 0.674. The minimum Gasteiger partial charge on any atom is -0.528 e. The average molecular weight is 333 g/mol. The van der Waals surface area contributed by atoms with Gasteiger partial charge in [0.2, 0.25) is 0 Å². The second kappa shape index (κ2) is 3.15. The van der Waals surface area contributed by atoms with Gasteiger partial charge in [-0.3, -0.25) is 0 Å². The second-order valence-corrected chi connectivity index (χ2v) is 2.17. The van der Waals surface area contributed by atoms with Crippen LogP contribution in [0.1, 0.15) is 0 Å². The van der Waals surface area contributed by atoms with Gasteiger partial charge in [0.1, 0.15) is 5.65 Å². The van der Waals surface area contributed by atoms with E-state index in [0.29, 0.717) is 5.65 Å². The summed E-state index contributed by atoms with van der Waals surface area (Å²) in [5.41, 5.74) is 0.139. The van der Waals surface area contributed by atoms with Gasteiger partial charge in [0, 0.05) is 33.1 Å². The Hall–Kier alpha value is -1.02. The van der Waals surface area contributed by atoms with Crippen LogP contribution in [0.15, 0.2) is 23.1 Å². The molecule has 0 saturated carbocycles. The number of hydrogen-bond acceptors (Lipinski definition) is 2. The molecule has 62 valence electrons. The van der Waals surface area contributed by atoms with Gasteiger partial charge in [-0.1, -0.05) is 0 Å². The third kappa shape index (κ3) is 1.30. The average Bonchev–Trinajstić information content (AvgIpc) is 2.34. The molecule has 0 atom stereocenters. The number of nitrogens with one attached hydrogen (secondary N) is 1. The van der Waals surface area contributed by atoms with Crippen molar-refractivity contribution in [2.24, 2.45) is 0 Å². The molecule has 2 N–H and O–H groups in total. The van der Waals surface area contributed by atoms with E-state index >= 15 is 0 Å². The molecule has 12 heavy (non-hydrogen) atoms. The van der Waals surface area contributed by atoms with E-state index in [-0.39, 0.29) is 26.9 Å². The van der Waals surface area contributed by atoms with Gasteiger partial charge in [-0.05, 0) is 12.1 Å². The number of fused-ring (bicyclic) bond motifs is 1. The molecule has 2 rings (SSSR count). The first-order chi connectivity index (χ1) is 5.27. The molecule has 4 nitrogen and oxygen atoms in total. The fourth-order valence-electron chi connectivity index (χ4n) is 0.977. The van der Waals surface area contributed by atoms with Gasteiger partial charge in [0.25, 0.3) is 0 Å². The smallest absolute Gasteiger partial charge is 0.115 e. The summed E-state index contributed by atoms with van der Waals surface area (Å²) in [6, 6.07) is 5.62. The number of aromatic amines is 1. The number of aromatic hydroxyl groups is 1. The molecule has 0 aliphatic rings. The monoisotopic (exact) mass is 333 g/mol. The van der Waals surface area contributed by atoms with Crippen molar-refractivity contribution in [1.82, 2.24) is 9.38 Å². The van der Waals surface area contributed by atoms with Crippen LogP contribution in [-0.4, -0.2) is 14.5 Å². The van der Waals surface area contributed by atoms with Crippen molar-refractivity contribution in [2.45, 2.75) is 0 Å². The fraction of sp³-hybridized carbons (Fsp3) is 0. The van der Waals surface area contributed by atoms with E-state index in [2.05, 4.69) is 11.1 Å². The van der Waals surface area contributed by atoms with Crippen LogP contribution in [0.5, 0.6) is 5.88 Å². The number of aromatic nitrogens is 2. The summed E-state index contributed by atoms with van der Waals surface area (Å²) in [6.45, 7) is 0. The van der Waals surface area contributed by atoms with Crippen LogP contribution in [0, 0.1) is 6.07 Å². The molecule has 0 saturated heterocycles. The van der Waals surface area contributed by atoms with Crippen LogP contribution in [0.25, 0.3) is 5.65 Å². The van der Waals surface area contributed by atoms with Gasteiger partial charge < -0.3 is 25.4 Å². The van der Waals surface area contributed by atoms with Gasteiger partial charge in [0.15, 0.2) is 0 Å². The SMILES string of the molecule is O=c1[c-]c(O)n2cccc2[nH]1.[W]. The summed E-state index contributed by atoms with van der Waals surface area (Å²) >= 11 is 0. The van der Waals surface area contributed by atoms with Gasteiger partial charge in [0.05, 0.1) is 5.56 Å². The van der Waals surface area contributed by atoms with Crippen molar-refractivity contribution in [2.75, 3.05) is 0 Å². The molecule has 0 spiro atoms. The summed E-state index contributed by atoms with van der Waals surface area (Å²) in [7, 11) is 0. The largest absolute Gasteiger partial charge is 0.528 e. The molecule has 0 aliphatic carbocycles. The standard InChI is InChI=1S/C7H5N2O2.W/c10-6-4-7(11)9-3-1-2-5(9)8-6;/h1-3,11H,(H,8,10);/q-1;. The first-order valence-corrected chi connectivity index (χ1v) is 3.09. The first kappa shape index (κ1) is 9.07. The molecule has 0 bridgehead atoms. The molecule has 2 aromatic rings. The van der Waals surface area contributed by atoms with E-state index < -0.39 is 5.56 Å². The number of hydrogen-bond donors (Lipinski definition) is 2. The Kier molecular flexibility index (Phi) is 2.38. The van der Waals surface area contributed by atoms with Crippen LogP contribution in [-0.2, 0) is 21.1 Å². The topological polar surface area (TPSA) is 57.5 Å². The number of rotatable bonds is 0. The summed E-state index contributed by atoms with van der Waals surface area (Å²) in [6.07, 6.45) is 1.64. The van der Waals surface area contributed by atoms with Crippen molar-refractivity contribution in [3.8, 4) is 5.88 Å². The van der Waals surface area contributed by atoms with E-state index in [1.165, 1.54) is 4.40 Å². The molecular weight excluding hydrogens is 328 g/mol. The molecule has 2 heterocycles. The third-order valence-electron chi connectivity index (χ3n) is 1.44. The third-order valence-corrected chi connectivity index (χ3v) is 1.44. The zero-order valence-corrected chi connectivity index (χ0v) is 8.88. The maximum atomic E-state index is 10.7. The van der Waals surface area contributed by atoms with Crippen LogP contribution in [0.3, 0.4) is 0 Å². The Bertz CT molecular complexity index is 446. The Balaban J connectivity index is 0.000000720. The van der Waals surface area contributed by atoms with Gasteiger partial charge in [-0.25, -0.2) is 0 Å². The van der Waals surface area contributed by atoms with Crippen molar-refractivity contribution in [3.63, 3.8) is 0 Å². The summed E-state index contributed by atoms with van der Waals surface area (Å²) in [5, 5.41) is 9.13. The minimum atomic E-state index is -0.422. The predicted octanol–water partition coefficient (Wildman–Crippen LogP) is 0.131. The van der Waals surface area contributed by atoms with Crippen molar-refractivity contribution < 1.29 is 26.2 Å². The molecule has 2 aromatic heterocycles. The van der Waals surface area contributed by atoms with Crippen molar-refractivity contribution in [1.29, 1.82) is 0 Å². The van der Waals surface area contributed by atoms with Crippen molar-refractivity contribution >= 4 is 5.65 Å². The Morgan fingerprint density at radius 1 is 1.58 bits per heavy atom. The van der Waals surface area contributed by atoms with Crippen molar-refractivity contribution in [3.05, 3.63) is 34.7 Å². The van der Waals surface area contributed by atoms with E-state index in [1.54, 1.807) is 18.3 Å². The summed E-state index contributed by atoms with van der Waals surface area (Å²) in [5.74, 6) is -0.172. The van der Waals surface area contributed by atoms with Crippen LogP contribution >= 0.6 is 0 Å². The molecule has 0 aliphatic heterocycles. The summed E-state index contributed by atoms with van der Waals surface area (Å²) in [4.78, 5) is 13.2. The predicted molar refractivity (Wildman–Crippen MR) is 38.5 cm³/mol. The van der Waals surface area contributed by atoms with Gasteiger partial charge >= 0.3 is 0 Å². The molecule has 0 fully saturated rings. The Morgan fingerprint density at radius 2 is 2.33 bits per heavy atom. The van der Waals surface area contributed by atoms with E-state index in [4.69, 9.17) is 5.11 Å². The summed E-state index contributed by atoms with van der Waals surface area (Å²) < 4.78 is 1.43. The Morgan fingerprint density at radius 3 is 3.08 bits per heavy atom. The van der Waals surface area contributed by atoms with E-state index in [9.17, 15) is 4.79 Å². The van der Waals surface area contributed by atoms with Crippen LogP contribution in [0.2, 0.25) is 0 Å². The van der Waals surface area contributed by atoms with Crippen LogP contribution < -0.4 is 5.56 Å². The maximum Gasteiger partial charge on any atom is 0.115 e. The van der Waals surface area contributed by atoms with Crippen LogP contribution in [0.4, 0.5) is 0 Å². The minimum absolute atomic E-state index is 0. The number of H-pyrrole nitrogens is 1. The molecule has 5 heteroatoms. The number of nitrogens with zero attached hydrogens (tertiary/aromatic N) is 1. The van der Waals surface area contributed by atoms with E-state index in [0.717, 1.165) is 0 Å². The molecule has 0 amide bonds. The first-order valence-electron chi connectivity index (χ1n) is 3.09. The fourth-order valence-corrected chi connectivity index (χ4v) is 0.977. The molecule has 0 radical (unpaired) electrons. The molecular formula is C7H5N2O2W-. The van der Waals surface area contributed by atoms with Gasteiger partial charge in [-0.15, -0.1) is 0 Å². The van der Waals surface area contributed by atoms with Gasteiger partial charge in [-0.2, -0.15) is 0 Å². The second-order valence-electron chi connectivity index (χ2n) is 2.17. The molecule has 0 unspecified atom stereocenters. The Labute approximate surface area is 82.1 Å². The maximum absolute atomic E-state index is 10.7. The zero-order chi connectivity index (χ0) is 7.84.